The molecule has 84 valence electrons. The van der Waals surface area contributed by atoms with E-state index in [0.717, 1.165) is 6.07 Å². The molecule has 0 spiro atoms. The van der Waals surface area contributed by atoms with Crippen LogP contribution in [-0.4, -0.2) is 5.78 Å². The van der Waals surface area contributed by atoms with E-state index in [1.54, 1.807) is 0 Å². The fourth-order valence-electron chi connectivity index (χ4n) is 1.24. The highest BCUT2D eigenvalue weighted by Crippen LogP contribution is 2.32. The van der Waals surface area contributed by atoms with Gasteiger partial charge in [-0.25, -0.2) is 0 Å². The molecule has 0 saturated carbocycles. The van der Waals surface area contributed by atoms with Gasteiger partial charge in [0.25, 0.3) is 0 Å². The van der Waals surface area contributed by atoms with Crippen molar-refractivity contribution in [3.63, 3.8) is 0 Å². The van der Waals surface area contributed by atoms with Gasteiger partial charge in [0.1, 0.15) is 0 Å². The summed E-state index contributed by atoms with van der Waals surface area (Å²) in [6.45, 7) is 1.53. The zero-order valence-electron chi connectivity index (χ0n) is 8.56. The van der Waals surface area contributed by atoms with Crippen LogP contribution in [0.3, 0.4) is 0 Å². The summed E-state index contributed by atoms with van der Waals surface area (Å²) >= 11 is 0. The van der Waals surface area contributed by atoms with E-state index in [1.165, 1.54) is 25.1 Å². The molecule has 0 radical (unpaired) electrons. The number of benzene rings is 1. The first kappa shape index (κ1) is 12.3. The number of ketones is 1. The summed E-state index contributed by atoms with van der Waals surface area (Å²) in [5.74, 6) is 4.32. The predicted octanol–water partition coefficient (Wildman–Crippen LogP) is 3.30. The minimum Gasteiger partial charge on any atom is -0.293 e. The van der Waals surface area contributed by atoms with Crippen molar-refractivity contribution >= 4 is 5.78 Å². The summed E-state index contributed by atoms with van der Waals surface area (Å²) in [6.07, 6.45) is -4.70. The lowest BCUT2D eigenvalue weighted by molar-refractivity contribution is -0.137. The monoisotopic (exact) mass is 226 g/mol. The smallest absolute Gasteiger partial charge is 0.293 e. The zero-order chi connectivity index (χ0) is 12.2. The van der Waals surface area contributed by atoms with E-state index < -0.39 is 17.5 Å². The molecule has 1 nitrogen and oxygen atoms in total. The van der Waals surface area contributed by atoms with Crippen LogP contribution in [0.5, 0.6) is 0 Å². The van der Waals surface area contributed by atoms with Crippen molar-refractivity contribution in [2.45, 2.75) is 19.5 Å². The standard InChI is InChI=1S/C12H9F3O/c1-2-3-8-11(16)9-6-4-5-7-10(9)12(13,14)15/h4-7H,8H2,1H3. The average Bonchev–Trinajstić information content (AvgIpc) is 2.24. The van der Waals surface area contributed by atoms with Crippen molar-refractivity contribution in [1.82, 2.24) is 0 Å². The van der Waals surface area contributed by atoms with E-state index >= 15 is 0 Å². The van der Waals surface area contributed by atoms with E-state index in [-0.39, 0.29) is 12.0 Å². The van der Waals surface area contributed by atoms with E-state index in [4.69, 9.17) is 0 Å². The molecule has 0 saturated heterocycles. The molecule has 0 aliphatic heterocycles. The molecular formula is C12H9F3O. The largest absolute Gasteiger partial charge is 0.417 e. The zero-order valence-corrected chi connectivity index (χ0v) is 8.56. The van der Waals surface area contributed by atoms with Gasteiger partial charge in [-0.15, -0.1) is 5.92 Å². The molecule has 0 aliphatic rings. The molecule has 0 unspecified atom stereocenters. The average molecular weight is 226 g/mol. The maximum Gasteiger partial charge on any atom is 0.417 e. The number of rotatable bonds is 2. The lowest BCUT2D eigenvalue weighted by Crippen LogP contribution is -2.12. The molecule has 0 fully saturated rings. The second-order valence-corrected chi connectivity index (χ2v) is 3.07. The molecule has 16 heavy (non-hydrogen) atoms. The predicted molar refractivity (Wildman–Crippen MR) is 53.8 cm³/mol. The minimum atomic E-state index is -4.51. The van der Waals surface area contributed by atoms with Crippen LogP contribution in [0.4, 0.5) is 13.2 Å². The molecule has 0 N–H and O–H groups in total. The lowest BCUT2D eigenvalue weighted by Gasteiger charge is -2.10. The maximum absolute atomic E-state index is 12.5. The molecule has 0 heterocycles. The fraction of sp³-hybridized carbons (Fsp3) is 0.250. The summed E-state index contributed by atoms with van der Waals surface area (Å²) < 4.78 is 37.6. The Morgan fingerprint density at radius 3 is 2.50 bits per heavy atom. The van der Waals surface area contributed by atoms with Gasteiger partial charge in [-0.05, 0) is 13.0 Å². The van der Waals surface area contributed by atoms with Crippen LogP contribution in [0.15, 0.2) is 24.3 Å². The third kappa shape index (κ3) is 2.86. The van der Waals surface area contributed by atoms with Gasteiger partial charge < -0.3 is 0 Å². The molecular weight excluding hydrogens is 217 g/mol. The van der Waals surface area contributed by atoms with Crippen LogP contribution < -0.4 is 0 Å². The maximum atomic E-state index is 12.5. The molecule has 0 atom stereocenters. The highest BCUT2D eigenvalue weighted by atomic mass is 19.4. The SMILES string of the molecule is CC#CCC(=O)c1ccccc1C(F)(F)F. The first-order valence-corrected chi connectivity index (χ1v) is 4.56. The summed E-state index contributed by atoms with van der Waals surface area (Å²) in [7, 11) is 0. The highest BCUT2D eigenvalue weighted by molar-refractivity contribution is 5.99. The van der Waals surface area contributed by atoms with Gasteiger partial charge in [-0.3, -0.25) is 4.79 Å². The van der Waals surface area contributed by atoms with Gasteiger partial charge in [0.05, 0.1) is 12.0 Å². The number of halogens is 3. The molecule has 4 heteroatoms. The van der Waals surface area contributed by atoms with E-state index in [0.29, 0.717) is 0 Å². The number of carbonyl (C=O) groups is 1. The van der Waals surface area contributed by atoms with Gasteiger partial charge in [0.15, 0.2) is 5.78 Å². The molecule has 0 aromatic heterocycles. The number of alkyl halides is 3. The van der Waals surface area contributed by atoms with Gasteiger partial charge in [-0.1, -0.05) is 24.1 Å². The van der Waals surface area contributed by atoms with Crippen LogP contribution in [0.2, 0.25) is 0 Å². The first-order chi connectivity index (χ1) is 7.46. The first-order valence-electron chi connectivity index (χ1n) is 4.56. The van der Waals surface area contributed by atoms with Crippen molar-refractivity contribution in [2.24, 2.45) is 0 Å². The minimum absolute atomic E-state index is 0.191. The van der Waals surface area contributed by atoms with Crippen LogP contribution in [-0.2, 0) is 6.18 Å². The van der Waals surface area contributed by atoms with Gasteiger partial charge in [0.2, 0.25) is 0 Å². The Balaban J connectivity index is 3.12. The summed E-state index contributed by atoms with van der Waals surface area (Å²) in [5, 5.41) is 0. The topological polar surface area (TPSA) is 17.1 Å². The Kier molecular flexibility index (Phi) is 3.73. The number of hydrogen-bond donors (Lipinski definition) is 0. The van der Waals surface area contributed by atoms with Crippen LogP contribution in [0.1, 0.15) is 29.3 Å². The van der Waals surface area contributed by atoms with Crippen molar-refractivity contribution < 1.29 is 18.0 Å². The second kappa shape index (κ2) is 4.84. The summed E-state index contributed by atoms with van der Waals surface area (Å²) in [5.41, 5.74) is -1.23. The van der Waals surface area contributed by atoms with Crippen LogP contribution in [0.25, 0.3) is 0 Å². The number of hydrogen-bond acceptors (Lipinski definition) is 1. The fourth-order valence-corrected chi connectivity index (χ4v) is 1.24. The Hall–Kier alpha value is -1.76. The van der Waals surface area contributed by atoms with Gasteiger partial charge in [-0.2, -0.15) is 13.2 Å². The number of Topliss-reactive ketones (excluding diaryl/α,β-unsaturated/α-hetero) is 1. The normalized spacial score (nSPS) is 10.5. The molecule has 1 aromatic carbocycles. The van der Waals surface area contributed by atoms with Gasteiger partial charge in [0, 0.05) is 5.56 Å². The van der Waals surface area contributed by atoms with Gasteiger partial charge >= 0.3 is 6.18 Å². The number of carbonyl (C=O) groups excluding carboxylic acids is 1. The molecule has 0 amide bonds. The third-order valence-corrected chi connectivity index (χ3v) is 1.96. The Bertz CT molecular complexity index is 449. The Labute approximate surface area is 91.3 Å². The summed E-state index contributed by atoms with van der Waals surface area (Å²) in [4.78, 5) is 11.5. The Morgan fingerprint density at radius 1 is 1.31 bits per heavy atom. The van der Waals surface area contributed by atoms with Crippen molar-refractivity contribution in [3.05, 3.63) is 35.4 Å². The Morgan fingerprint density at radius 2 is 1.94 bits per heavy atom. The van der Waals surface area contributed by atoms with E-state index in [2.05, 4.69) is 11.8 Å². The quantitative estimate of drug-likeness (QED) is 0.558. The van der Waals surface area contributed by atoms with Crippen molar-refractivity contribution in [3.8, 4) is 11.8 Å². The van der Waals surface area contributed by atoms with E-state index in [9.17, 15) is 18.0 Å². The van der Waals surface area contributed by atoms with Crippen molar-refractivity contribution in [2.75, 3.05) is 0 Å². The highest BCUT2D eigenvalue weighted by Gasteiger charge is 2.34. The molecule has 0 aliphatic carbocycles. The molecule has 1 aromatic rings. The molecule has 1 rings (SSSR count). The van der Waals surface area contributed by atoms with Crippen LogP contribution in [0, 0.1) is 11.8 Å². The van der Waals surface area contributed by atoms with Crippen LogP contribution >= 0.6 is 0 Å². The lowest BCUT2D eigenvalue weighted by atomic mass is 10.0. The van der Waals surface area contributed by atoms with Crippen molar-refractivity contribution in [1.29, 1.82) is 0 Å². The van der Waals surface area contributed by atoms with E-state index in [1.807, 2.05) is 0 Å². The second-order valence-electron chi connectivity index (χ2n) is 3.07. The molecule has 0 bridgehead atoms. The summed E-state index contributed by atoms with van der Waals surface area (Å²) in [6, 6.07) is 4.72. The third-order valence-electron chi connectivity index (χ3n) is 1.96.